The van der Waals surface area contributed by atoms with E-state index in [1.165, 1.54) is 11.2 Å². The van der Waals surface area contributed by atoms with E-state index in [2.05, 4.69) is 20.3 Å². The maximum Gasteiger partial charge on any atom is 0.303 e. The van der Waals surface area contributed by atoms with Crippen molar-refractivity contribution >= 4 is 51.1 Å². The van der Waals surface area contributed by atoms with Crippen LogP contribution in [-0.2, 0) is 19.1 Å². The number of carbonyl (C=O) groups is 3. The molecule has 0 spiro atoms. The quantitative estimate of drug-likeness (QED) is 0.176. The molecular formula is C32H32ClN5O7. The van der Waals surface area contributed by atoms with E-state index in [0.29, 0.717) is 53.4 Å². The molecule has 3 heterocycles. The lowest BCUT2D eigenvalue weighted by Gasteiger charge is -2.29. The molecule has 2 aromatic carbocycles. The largest absolute Gasteiger partial charge is 0.491 e. The van der Waals surface area contributed by atoms with Crippen LogP contribution in [0.25, 0.3) is 10.9 Å². The summed E-state index contributed by atoms with van der Waals surface area (Å²) in [6, 6.07) is 14.5. The van der Waals surface area contributed by atoms with Crippen molar-refractivity contribution in [3.05, 3.63) is 72.3 Å². The van der Waals surface area contributed by atoms with Crippen LogP contribution in [0.2, 0.25) is 0 Å². The van der Waals surface area contributed by atoms with Gasteiger partial charge in [-0.2, -0.15) is 0 Å². The third-order valence-corrected chi connectivity index (χ3v) is 7.54. The van der Waals surface area contributed by atoms with Crippen LogP contribution in [0.3, 0.4) is 0 Å². The number of aliphatic hydroxyl groups excluding tert-OH is 1. The lowest BCUT2D eigenvalue weighted by Crippen LogP contribution is -2.50. The first-order valence-electron chi connectivity index (χ1n) is 14.3. The van der Waals surface area contributed by atoms with E-state index in [1.807, 2.05) is 56.3 Å². The molecule has 1 amide bonds. The van der Waals surface area contributed by atoms with Gasteiger partial charge in [0.25, 0.3) is 11.1 Å². The minimum atomic E-state index is -1.94. The number of nitrogens with one attached hydrogen (secondary N) is 1. The molecule has 2 aromatic heterocycles. The van der Waals surface area contributed by atoms with Gasteiger partial charge in [-0.1, -0.05) is 6.07 Å². The minimum Gasteiger partial charge on any atom is -0.491 e. The second-order valence-corrected chi connectivity index (χ2v) is 11.0. The topological polar surface area (TPSA) is 153 Å². The maximum atomic E-state index is 13.1. The molecule has 45 heavy (non-hydrogen) atoms. The summed E-state index contributed by atoms with van der Waals surface area (Å²) in [5.41, 5.74) is 3.22. The highest BCUT2D eigenvalue weighted by molar-refractivity contribution is 6.64. The Morgan fingerprint density at radius 1 is 1.09 bits per heavy atom. The number of nitrogens with zero attached hydrogens (tertiary/aromatic N) is 4. The highest BCUT2D eigenvalue weighted by Crippen LogP contribution is 2.34. The average molecular weight is 634 g/mol. The number of hydrogen-bond donors (Lipinski definition) is 2. The summed E-state index contributed by atoms with van der Waals surface area (Å²) in [6.07, 6.45) is 0.661. The molecule has 13 heteroatoms. The van der Waals surface area contributed by atoms with E-state index in [9.17, 15) is 19.5 Å². The van der Waals surface area contributed by atoms with Crippen LogP contribution in [-0.4, -0.2) is 73.5 Å². The van der Waals surface area contributed by atoms with E-state index < -0.39 is 35.4 Å². The first-order chi connectivity index (χ1) is 21.6. The highest BCUT2D eigenvalue weighted by Gasteiger charge is 2.40. The fraction of sp³-hybridized carbons (Fsp3) is 0.312. The van der Waals surface area contributed by atoms with E-state index >= 15 is 0 Å². The van der Waals surface area contributed by atoms with Crippen LogP contribution in [0.1, 0.15) is 31.0 Å². The molecule has 3 atom stereocenters. The molecule has 0 bridgehead atoms. The van der Waals surface area contributed by atoms with Gasteiger partial charge in [-0.05, 0) is 86.3 Å². The van der Waals surface area contributed by atoms with Crippen LogP contribution in [0.4, 0.5) is 11.5 Å². The van der Waals surface area contributed by atoms with Gasteiger partial charge >= 0.3 is 5.97 Å². The minimum absolute atomic E-state index is 0.0952. The number of fused-ring (bicyclic) bond motifs is 1. The number of benzene rings is 2. The second-order valence-electron chi connectivity index (χ2n) is 10.6. The SMILES string of the molecule is CC(=O)OC(C(=O)Cl)C(O)C(=O)N1CCC[C@@H]1COc1cccc2ncnc(Nc3ccc(Oc4ccc(C)nc4)c(C)c3)c12. The van der Waals surface area contributed by atoms with E-state index in [-0.39, 0.29) is 6.61 Å². The molecular weight excluding hydrogens is 602 g/mol. The van der Waals surface area contributed by atoms with Crippen molar-refractivity contribution in [1.29, 1.82) is 0 Å². The van der Waals surface area contributed by atoms with Crippen LogP contribution in [0, 0.1) is 13.8 Å². The molecule has 5 rings (SSSR count). The molecule has 1 aliphatic heterocycles. The molecule has 0 radical (unpaired) electrons. The Morgan fingerprint density at radius 3 is 2.62 bits per heavy atom. The normalized spacial score (nSPS) is 15.8. The molecule has 1 aliphatic rings. The number of pyridine rings is 1. The van der Waals surface area contributed by atoms with Crippen molar-refractivity contribution in [3.8, 4) is 17.2 Å². The van der Waals surface area contributed by atoms with Gasteiger partial charge in [0.05, 0.1) is 23.1 Å². The molecule has 0 saturated carbocycles. The van der Waals surface area contributed by atoms with Crippen molar-refractivity contribution in [2.24, 2.45) is 0 Å². The van der Waals surface area contributed by atoms with Gasteiger partial charge in [-0.25, -0.2) is 9.97 Å². The second kappa shape index (κ2) is 13.9. The highest BCUT2D eigenvalue weighted by atomic mass is 35.5. The third kappa shape index (κ3) is 7.47. The number of rotatable bonds is 11. The van der Waals surface area contributed by atoms with Crippen LogP contribution in [0.5, 0.6) is 17.2 Å². The standard InChI is InChI=1S/C32H32ClN5O7/c1-18-14-21(10-12-25(18)45-23-11-9-19(2)34-15-23)37-31-27-24(35-17-36-31)7-4-8-26(27)43-16-22-6-5-13-38(22)32(42)28(40)29(30(33)41)44-20(3)39/h4,7-12,14-15,17,22,28-29,40H,5-6,13,16H2,1-3H3,(H,35,36,37)/t22-,28?,29?/m1/s1. The summed E-state index contributed by atoms with van der Waals surface area (Å²) in [5, 5.41) is 13.4. The fourth-order valence-corrected chi connectivity index (χ4v) is 5.28. The zero-order chi connectivity index (χ0) is 32.1. The smallest absolute Gasteiger partial charge is 0.303 e. The van der Waals surface area contributed by atoms with Crippen LogP contribution < -0.4 is 14.8 Å². The first-order valence-corrected chi connectivity index (χ1v) is 14.7. The molecule has 2 N–H and O–H groups in total. The first kappa shape index (κ1) is 31.6. The monoisotopic (exact) mass is 633 g/mol. The Balaban J connectivity index is 1.32. The number of carbonyl (C=O) groups excluding carboxylic acids is 3. The Morgan fingerprint density at radius 2 is 1.91 bits per heavy atom. The predicted octanol–water partition coefficient (Wildman–Crippen LogP) is 4.61. The summed E-state index contributed by atoms with van der Waals surface area (Å²) >= 11 is 5.50. The van der Waals surface area contributed by atoms with Crippen molar-refractivity contribution in [2.75, 3.05) is 18.5 Å². The van der Waals surface area contributed by atoms with Crippen molar-refractivity contribution < 1.29 is 33.7 Å². The summed E-state index contributed by atoms with van der Waals surface area (Å²) in [4.78, 5) is 50.8. The lowest BCUT2D eigenvalue weighted by molar-refractivity contribution is -0.164. The lowest BCUT2D eigenvalue weighted by atomic mass is 10.1. The number of ether oxygens (including phenoxy) is 3. The van der Waals surface area contributed by atoms with Gasteiger partial charge < -0.3 is 29.5 Å². The number of aliphatic hydroxyl groups is 1. The number of aromatic nitrogens is 3. The number of esters is 1. The van der Waals surface area contributed by atoms with Gasteiger partial charge in [0.2, 0.25) is 6.10 Å². The molecule has 2 unspecified atom stereocenters. The summed E-state index contributed by atoms with van der Waals surface area (Å²) in [7, 11) is 0. The molecule has 4 aromatic rings. The zero-order valence-electron chi connectivity index (χ0n) is 24.9. The van der Waals surface area contributed by atoms with E-state index in [4.69, 9.17) is 25.8 Å². The number of aryl methyl sites for hydroxylation is 2. The van der Waals surface area contributed by atoms with Gasteiger partial charge in [-0.15, -0.1) is 0 Å². The number of likely N-dealkylation sites (tertiary alicyclic amines) is 1. The number of amides is 1. The van der Waals surface area contributed by atoms with Gasteiger partial charge in [-0.3, -0.25) is 19.4 Å². The predicted molar refractivity (Wildman–Crippen MR) is 166 cm³/mol. The van der Waals surface area contributed by atoms with Gasteiger partial charge in [0.15, 0.2) is 6.10 Å². The van der Waals surface area contributed by atoms with Gasteiger partial charge in [0.1, 0.15) is 36.0 Å². The van der Waals surface area contributed by atoms with Crippen molar-refractivity contribution in [3.63, 3.8) is 0 Å². The molecule has 12 nitrogen and oxygen atoms in total. The van der Waals surface area contributed by atoms with Crippen molar-refractivity contribution in [1.82, 2.24) is 19.9 Å². The maximum absolute atomic E-state index is 13.1. The van der Waals surface area contributed by atoms with Gasteiger partial charge in [0, 0.05) is 24.8 Å². The summed E-state index contributed by atoms with van der Waals surface area (Å²) in [6.45, 7) is 5.34. The van der Waals surface area contributed by atoms with Crippen LogP contribution in [0.15, 0.2) is 61.1 Å². The number of halogens is 1. The third-order valence-electron chi connectivity index (χ3n) is 7.32. The molecule has 0 aliphatic carbocycles. The molecule has 234 valence electrons. The van der Waals surface area contributed by atoms with E-state index in [1.54, 1.807) is 12.3 Å². The molecule has 1 fully saturated rings. The number of anilines is 2. The average Bonchev–Trinajstić information content (AvgIpc) is 3.49. The van der Waals surface area contributed by atoms with Crippen LogP contribution >= 0.6 is 11.6 Å². The summed E-state index contributed by atoms with van der Waals surface area (Å²) in [5.74, 6) is 0.731. The van der Waals surface area contributed by atoms with Crippen molar-refractivity contribution in [2.45, 2.75) is 51.9 Å². The Kier molecular flexibility index (Phi) is 9.74. The Hall–Kier alpha value is -4.81. The molecule has 1 saturated heterocycles. The fourth-order valence-electron chi connectivity index (χ4n) is 5.11. The Bertz CT molecular complexity index is 1710. The zero-order valence-corrected chi connectivity index (χ0v) is 25.7. The Labute approximate surface area is 264 Å². The number of hydrogen-bond acceptors (Lipinski definition) is 11. The van der Waals surface area contributed by atoms with E-state index in [0.717, 1.165) is 23.9 Å². The summed E-state index contributed by atoms with van der Waals surface area (Å²) < 4.78 is 17.0.